The monoisotopic (exact) mass is 234 g/mol. The normalized spacial score (nSPS) is 11.9. The van der Waals surface area contributed by atoms with E-state index in [1.54, 1.807) is 6.07 Å². The van der Waals surface area contributed by atoms with Gasteiger partial charge in [-0.15, -0.1) is 0 Å². The third-order valence-electron chi connectivity index (χ3n) is 2.66. The second kappa shape index (κ2) is 6.84. The molecule has 0 saturated carbocycles. The highest BCUT2D eigenvalue weighted by Crippen LogP contribution is 2.19. The summed E-state index contributed by atoms with van der Waals surface area (Å²) in [5, 5.41) is 0. The van der Waals surface area contributed by atoms with E-state index in [9.17, 15) is 9.59 Å². The lowest BCUT2D eigenvalue weighted by molar-refractivity contribution is -0.146. The number of hydrogen-bond acceptors (Lipinski definition) is 3. The first kappa shape index (κ1) is 13.4. The molecular weight excluding hydrogens is 216 g/mol. The predicted molar refractivity (Wildman–Crippen MR) is 65.9 cm³/mol. The second-order valence-corrected chi connectivity index (χ2v) is 3.99. The van der Waals surface area contributed by atoms with E-state index in [1.807, 2.05) is 32.0 Å². The first-order valence-corrected chi connectivity index (χ1v) is 5.88. The zero-order valence-electron chi connectivity index (χ0n) is 10.3. The number of esters is 1. The van der Waals surface area contributed by atoms with Crippen LogP contribution in [-0.4, -0.2) is 18.9 Å². The number of benzene rings is 1. The van der Waals surface area contributed by atoms with Crippen LogP contribution in [0.3, 0.4) is 0 Å². The lowest BCUT2D eigenvalue weighted by Crippen LogP contribution is -2.18. The molecular formula is C14H18O3. The van der Waals surface area contributed by atoms with Crippen molar-refractivity contribution in [1.29, 1.82) is 0 Å². The van der Waals surface area contributed by atoms with Crippen LogP contribution < -0.4 is 0 Å². The van der Waals surface area contributed by atoms with Gasteiger partial charge in [0.1, 0.15) is 12.2 Å². The van der Waals surface area contributed by atoms with Gasteiger partial charge < -0.3 is 9.53 Å². The topological polar surface area (TPSA) is 43.4 Å². The maximum absolute atomic E-state index is 11.7. The molecule has 17 heavy (non-hydrogen) atoms. The molecule has 1 rings (SSSR count). The quantitative estimate of drug-likeness (QED) is 0.329. The highest BCUT2D eigenvalue weighted by atomic mass is 16.5. The van der Waals surface area contributed by atoms with Crippen LogP contribution in [0.15, 0.2) is 24.3 Å². The van der Waals surface area contributed by atoms with Gasteiger partial charge >= 0.3 is 5.97 Å². The van der Waals surface area contributed by atoms with Gasteiger partial charge in [-0.05, 0) is 24.5 Å². The highest BCUT2D eigenvalue weighted by Gasteiger charge is 2.22. The summed E-state index contributed by atoms with van der Waals surface area (Å²) in [5.41, 5.74) is 1.65. The Balaban J connectivity index is 2.74. The second-order valence-electron chi connectivity index (χ2n) is 3.99. The molecule has 0 aromatic heterocycles. The van der Waals surface area contributed by atoms with Crippen LogP contribution in [0.25, 0.3) is 0 Å². The molecule has 1 aromatic rings. The lowest BCUT2D eigenvalue weighted by Gasteiger charge is -2.12. The van der Waals surface area contributed by atoms with Crippen molar-refractivity contribution in [3.8, 4) is 0 Å². The Morgan fingerprint density at radius 2 is 2.12 bits per heavy atom. The van der Waals surface area contributed by atoms with Gasteiger partial charge in [0.25, 0.3) is 0 Å². The van der Waals surface area contributed by atoms with E-state index >= 15 is 0 Å². The number of carbonyl (C=O) groups excluding carboxylic acids is 2. The molecule has 1 atom stereocenters. The van der Waals surface area contributed by atoms with Gasteiger partial charge in [-0.1, -0.05) is 37.6 Å². The number of aldehydes is 1. The molecule has 3 nitrogen and oxygen atoms in total. The summed E-state index contributed by atoms with van der Waals surface area (Å²) in [4.78, 5) is 22.8. The molecule has 0 amide bonds. The number of ether oxygens (including phenoxy) is 1. The molecule has 0 fully saturated rings. The van der Waals surface area contributed by atoms with Gasteiger partial charge in [0.05, 0.1) is 6.61 Å². The molecule has 0 heterocycles. The lowest BCUT2D eigenvalue weighted by atomic mass is 9.96. The smallest absolute Gasteiger partial charge is 0.320 e. The van der Waals surface area contributed by atoms with Gasteiger partial charge in [-0.2, -0.15) is 0 Å². The van der Waals surface area contributed by atoms with Gasteiger partial charge in [0, 0.05) is 0 Å². The van der Waals surface area contributed by atoms with Crippen molar-refractivity contribution < 1.29 is 14.3 Å². The van der Waals surface area contributed by atoms with Crippen molar-refractivity contribution >= 4 is 12.3 Å². The summed E-state index contributed by atoms with van der Waals surface area (Å²) in [6, 6.07) is 7.36. The Morgan fingerprint density at radius 1 is 1.41 bits per heavy atom. The summed E-state index contributed by atoms with van der Waals surface area (Å²) < 4.78 is 5.07. The van der Waals surface area contributed by atoms with E-state index < -0.39 is 11.9 Å². The van der Waals surface area contributed by atoms with E-state index in [0.29, 0.717) is 12.9 Å². The Hall–Kier alpha value is -1.64. The minimum atomic E-state index is -0.798. The molecule has 0 aliphatic rings. The number of unbranched alkanes of at least 4 members (excludes halogenated alkanes) is 1. The van der Waals surface area contributed by atoms with Crippen molar-refractivity contribution in [1.82, 2.24) is 0 Å². The van der Waals surface area contributed by atoms with Crippen molar-refractivity contribution in [3.63, 3.8) is 0 Å². The molecule has 0 radical (unpaired) electrons. The molecule has 0 bridgehead atoms. The fraction of sp³-hybridized carbons (Fsp3) is 0.429. The maximum Gasteiger partial charge on any atom is 0.320 e. The molecule has 92 valence electrons. The Morgan fingerprint density at radius 3 is 2.71 bits per heavy atom. The molecule has 1 aromatic carbocycles. The standard InChI is InChI=1S/C14H18O3/c1-3-4-9-17-14(16)13(10-15)12-8-6-5-7-11(12)2/h5-8,10,13H,3-4,9H2,1-2H3. The van der Waals surface area contributed by atoms with Crippen LogP contribution in [-0.2, 0) is 14.3 Å². The van der Waals surface area contributed by atoms with Crippen molar-refractivity contribution in [2.75, 3.05) is 6.61 Å². The van der Waals surface area contributed by atoms with Crippen LogP contribution in [0.1, 0.15) is 36.8 Å². The fourth-order valence-corrected chi connectivity index (χ4v) is 1.60. The van der Waals surface area contributed by atoms with Crippen molar-refractivity contribution in [3.05, 3.63) is 35.4 Å². The van der Waals surface area contributed by atoms with Crippen molar-refractivity contribution in [2.45, 2.75) is 32.6 Å². The molecule has 1 unspecified atom stereocenters. The Labute approximate surface area is 102 Å². The predicted octanol–water partition coefficient (Wildman–Crippen LogP) is 2.62. The molecule has 0 spiro atoms. The first-order valence-electron chi connectivity index (χ1n) is 5.88. The number of carbonyl (C=O) groups is 2. The van der Waals surface area contributed by atoms with Crippen LogP contribution in [0, 0.1) is 6.92 Å². The Kier molecular flexibility index (Phi) is 5.40. The Bertz CT molecular complexity index is 385. The average molecular weight is 234 g/mol. The summed E-state index contributed by atoms with van der Waals surface area (Å²) in [6.45, 7) is 4.28. The minimum Gasteiger partial charge on any atom is -0.465 e. The van der Waals surface area contributed by atoms with E-state index in [2.05, 4.69) is 0 Å². The van der Waals surface area contributed by atoms with Crippen LogP contribution in [0.5, 0.6) is 0 Å². The zero-order chi connectivity index (χ0) is 12.7. The summed E-state index contributed by atoms with van der Waals surface area (Å²) in [6.07, 6.45) is 2.44. The van der Waals surface area contributed by atoms with E-state index in [0.717, 1.165) is 24.0 Å². The number of rotatable bonds is 6. The fourth-order valence-electron chi connectivity index (χ4n) is 1.60. The van der Waals surface area contributed by atoms with E-state index in [1.165, 1.54) is 0 Å². The zero-order valence-corrected chi connectivity index (χ0v) is 10.3. The molecule has 0 N–H and O–H groups in total. The summed E-state index contributed by atoms with van der Waals surface area (Å²) >= 11 is 0. The van der Waals surface area contributed by atoms with Gasteiger partial charge in [-0.3, -0.25) is 4.79 Å². The van der Waals surface area contributed by atoms with E-state index in [-0.39, 0.29) is 0 Å². The van der Waals surface area contributed by atoms with Crippen LogP contribution in [0.4, 0.5) is 0 Å². The number of hydrogen-bond donors (Lipinski definition) is 0. The van der Waals surface area contributed by atoms with Gasteiger partial charge in [-0.25, -0.2) is 0 Å². The molecule has 0 aliphatic heterocycles. The summed E-state index contributed by atoms with van der Waals surface area (Å²) in [7, 11) is 0. The van der Waals surface area contributed by atoms with Crippen LogP contribution >= 0.6 is 0 Å². The third-order valence-corrected chi connectivity index (χ3v) is 2.66. The molecule has 3 heteroatoms. The number of aryl methyl sites for hydroxylation is 1. The molecule has 0 aliphatic carbocycles. The largest absolute Gasteiger partial charge is 0.465 e. The molecule has 0 saturated heterocycles. The average Bonchev–Trinajstić information content (AvgIpc) is 2.33. The maximum atomic E-state index is 11.7. The third kappa shape index (κ3) is 3.70. The first-order chi connectivity index (χ1) is 8.20. The van der Waals surface area contributed by atoms with Gasteiger partial charge in [0.2, 0.25) is 0 Å². The van der Waals surface area contributed by atoms with Crippen LogP contribution in [0.2, 0.25) is 0 Å². The van der Waals surface area contributed by atoms with Gasteiger partial charge in [0.15, 0.2) is 0 Å². The van der Waals surface area contributed by atoms with E-state index in [4.69, 9.17) is 4.74 Å². The van der Waals surface area contributed by atoms with Crippen molar-refractivity contribution in [2.24, 2.45) is 0 Å². The minimum absolute atomic E-state index is 0.381. The highest BCUT2D eigenvalue weighted by molar-refractivity contribution is 5.94. The summed E-state index contributed by atoms with van der Waals surface area (Å²) in [5.74, 6) is -1.25. The SMILES string of the molecule is CCCCOC(=O)C(C=O)c1ccccc1C.